The second kappa shape index (κ2) is 6.35. The number of nitrogens with zero attached hydrogens (tertiary/aromatic N) is 1. The van der Waals surface area contributed by atoms with Crippen molar-refractivity contribution in [3.63, 3.8) is 0 Å². The maximum absolute atomic E-state index is 11.6. The van der Waals surface area contributed by atoms with Crippen LogP contribution in [0.5, 0.6) is 5.75 Å². The largest absolute Gasteiger partial charge is 0.417 e. The molecule has 2 rings (SSSR count). The lowest BCUT2D eigenvalue weighted by atomic mass is 10.1. The maximum atomic E-state index is 11.6. The molecule has 0 heterocycles. The molecule has 104 valence electrons. The number of nitro groups is 1. The Hall–Kier alpha value is -3.13. The lowest BCUT2D eigenvalue weighted by Gasteiger charge is -1.98. The number of rotatable bonds is 2. The van der Waals surface area contributed by atoms with Crippen LogP contribution in [0, 0.1) is 28.9 Å². The smallest absolute Gasteiger partial charge is 0.390 e. The predicted octanol–water partition coefficient (Wildman–Crippen LogP) is 2.86. The van der Waals surface area contributed by atoms with Crippen molar-refractivity contribution in [1.82, 2.24) is 0 Å². The Kier molecular flexibility index (Phi) is 4.32. The maximum Gasteiger partial charge on any atom is 0.390 e. The first-order valence-electron chi connectivity index (χ1n) is 6.09. The molecule has 5 heteroatoms. The summed E-state index contributed by atoms with van der Waals surface area (Å²) in [5.41, 5.74) is 1.70. The van der Waals surface area contributed by atoms with Gasteiger partial charge in [-0.05, 0) is 36.8 Å². The third-order valence-electron chi connectivity index (χ3n) is 2.59. The Morgan fingerprint density at radius 2 is 1.90 bits per heavy atom. The van der Waals surface area contributed by atoms with E-state index in [1.165, 1.54) is 24.3 Å². The number of ether oxygens (including phenoxy) is 1. The van der Waals surface area contributed by atoms with Crippen LogP contribution in [0.2, 0.25) is 0 Å². The summed E-state index contributed by atoms with van der Waals surface area (Å²) in [6, 6.07) is 12.6. The molecular formula is C16H11NO4. The SMILES string of the molecule is Cc1cccc(C#CC(=O)Oc2ccc([N+](=O)[O-])cc2)c1. The van der Waals surface area contributed by atoms with Crippen LogP contribution in [0.25, 0.3) is 0 Å². The van der Waals surface area contributed by atoms with Crippen molar-refractivity contribution in [2.75, 3.05) is 0 Å². The summed E-state index contributed by atoms with van der Waals surface area (Å²) >= 11 is 0. The highest BCUT2D eigenvalue weighted by Crippen LogP contribution is 2.17. The van der Waals surface area contributed by atoms with Crippen LogP contribution >= 0.6 is 0 Å². The molecule has 0 atom stereocenters. The number of hydrogen-bond donors (Lipinski definition) is 0. The average molecular weight is 281 g/mol. The highest BCUT2D eigenvalue weighted by atomic mass is 16.6. The fraction of sp³-hybridized carbons (Fsp3) is 0.0625. The summed E-state index contributed by atoms with van der Waals surface area (Å²) in [5.74, 6) is 4.56. The summed E-state index contributed by atoms with van der Waals surface area (Å²) in [6.07, 6.45) is 0. The Balaban J connectivity index is 2.04. The molecule has 0 radical (unpaired) electrons. The molecule has 0 aliphatic rings. The van der Waals surface area contributed by atoms with Crippen molar-refractivity contribution in [2.24, 2.45) is 0 Å². The monoisotopic (exact) mass is 281 g/mol. The zero-order chi connectivity index (χ0) is 15.2. The number of carbonyl (C=O) groups is 1. The summed E-state index contributed by atoms with van der Waals surface area (Å²) in [7, 11) is 0. The minimum Gasteiger partial charge on any atom is -0.417 e. The third-order valence-corrected chi connectivity index (χ3v) is 2.59. The van der Waals surface area contributed by atoms with Crippen molar-refractivity contribution in [3.8, 4) is 17.6 Å². The Labute approximate surface area is 121 Å². The number of nitro benzene ring substituents is 1. The highest BCUT2D eigenvalue weighted by molar-refractivity contribution is 5.90. The van der Waals surface area contributed by atoms with Crippen molar-refractivity contribution in [3.05, 3.63) is 69.8 Å². The molecule has 21 heavy (non-hydrogen) atoms. The van der Waals surface area contributed by atoms with Gasteiger partial charge < -0.3 is 4.74 Å². The minimum absolute atomic E-state index is 0.0688. The van der Waals surface area contributed by atoms with Gasteiger partial charge in [0.05, 0.1) is 4.92 Å². The van der Waals surface area contributed by atoms with Crippen LogP contribution in [0.15, 0.2) is 48.5 Å². The van der Waals surface area contributed by atoms with Gasteiger partial charge in [-0.2, -0.15) is 0 Å². The first-order valence-corrected chi connectivity index (χ1v) is 6.09. The summed E-state index contributed by atoms with van der Waals surface area (Å²) in [6.45, 7) is 1.93. The minimum atomic E-state index is -0.717. The molecule has 5 nitrogen and oxygen atoms in total. The van der Waals surface area contributed by atoms with E-state index in [4.69, 9.17) is 4.74 Å². The first kappa shape index (κ1) is 14.3. The normalized spacial score (nSPS) is 9.38. The van der Waals surface area contributed by atoms with E-state index in [1.54, 1.807) is 6.07 Å². The number of aryl methyl sites for hydroxylation is 1. The van der Waals surface area contributed by atoms with Crippen molar-refractivity contribution >= 4 is 11.7 Å². The van der Waals surface area contributed by atoms with E-state index in [1.807, 2.05) is 25.1 Å². The van der Waals surface area contributed by atoms with Gasteiger partial charge >= 0.3 is 5.97 Å². The fourth-order valence-corrected chi connectivity index (χ4v) is 1.61. The van der Waals surface area contributed by atoms with Crippen LogP contribution in [-0.4, -0.2) is 10.9 Å². The molecular weight excluding hydrogens is 270 g/mol. The number of carbonyl (C=O) groups excluding carboxylic acids is 1. The number of hydrogen-bond acceptors (Lipinski definition) is 4. The molecule has 0 saturated heterocycles. The highest BCUT2D eigenvalue weighted by Gasteiger charge is 2.06. The average Bonchev–Trinajstić information content (AvgIpc) is 2.46. The van der Waals surface area contributed by atoms with Crippen LogP contribution < -0.4 is 4.74 Å². The van der Waals surface area contributed by atoms with Crippen LogP contribution in [0.3, 0.4) is 0 Å². The first-order chi connectivity index (χ1) is 10.0. The second-order valence-corrected chi connectivity index (χ2v) is 4.26. The molecule has 0 aliphatic heterocycles. The van der Waals surface area contributed by atoms with E-state index in [9.17, 15) is 14.9 Å². The Morgan fingerprint density at radius 1 is 1.19 bits per heavy atom. The van der Waals surface area contributed by atoms with Crippen molar-refractivity contribution in [2.45, 2.75) is 6.92 Å². The van der Waals surface area contributed by atoms with Crippen LogP contribution in [0.1, 0.15) is 11.1 Å². The van der Waals surface area contributed by atoms with E-state index in [0.29, 0.717) is 0 Å². The van der Waals surface area contributed by atoms with Crippen molar-refractivity contribution in [1.29, 1.82) is 0 Å². The topological polar surface area (TPSA) is 69.4 Å². The molecule has 0 spiro atoms. The Morgan fingerprint density at radius 3 is 2.52 bits per heavy atom. The molecule has 0 unspecified atom stereocenters. The van der Waals surface area contributed by atoms with Gasteiger partial charge in [-0.1, -0.05) is 18.1 Å². The van der Waals surface area contributed by atoms with Gasteiger partial charge in [0, 0.05) is 23.6 Å². The van der Waals surface area contributed by atoms with Gasteiger partial charge in [0.2, 0.25) is 0 Å². The summed E-state index contributed by atoms with van der Waals surface area (Å²) in [4.78, 5) is 21.5. The molecule has 0 N–H and O–H groups in total. The molecule has 0 bridgehead atoms. The second-order valence-electron chi connectivity index (χ2n) is 4.26. The van der Waals surface area contributed by atoms with E-state index in [2.05, 4.69) is 11.8 Å². The lowest BCUT2D eigenvalue weighted by Crippen LogP contribution is -2.04. The molecule has 2 aromatic rings. The number of benzene rings is 2. The van der Waals surface area contributed by atoms with E-state index >= 15 is 0 Å². The van der Waals surface area contributed by atoms with Gasteiger partial charge in [0.15, 0.2) is 0 Å². The lowest BCUT2D eigenvalue weighted by molar-refractivity contribution is -0.384. The zero-order valence-electron chi connectivity index (χ0n) is 11.2. The predicted molar refractivity (Wildman–Crippen MR) is 76.8 cm³/mol. The molecule has 0 aromatic heterocycles. The number of non-ortho nitro benzene ring substituents is 1. The standard InChI is InChI=1S/C16H11NO4/c1-12-3-2-4-13(11-12)5-10-16(18)21-15-8-6-14(7-9-15)17(19)20/h2-4,6-9,11H,1H3. The van der Waals surface area contributed by atoms with Gasteiger partial charge in [-0.3, -0.25) is 10.1 Å². The Bertz CT molecular complexity index is 739. The molecule has 0 fully saturated rings. The molecule has 0 amide bonds. The summed E-state index contributed by atoms with van der Waals surface area (Å²) < 4.78 is 4.97. The van der Waals surface area contributed by atoms with Crippen LogP contribution in [0.4, 0.5) is 5.69 Å². The van der Waals surface area contributed by atoms with Gasteiger partial charge in [-0.25, -0.2) is 4.79 Å². The van der Waals surface area contributed by atoms with Gasteiger partial charge in [0.1, 0.15) is 5.75 Å². The number of esters is 1. The third kappa shape index (κ3) is 4.18. The van der Waals surface area contributed by atoms with E-state index in [0.717, 1.165) is 11.1 Å². The van der Waals surface area contributed by atoms with E-state index in [-0.39, 0.29) is 11.4 Å². The van der Waals surface area contributed by atoms with Gasteiger partial charge in [-0.15, -0.1) is 0 Å². The van der Waals surface area contributed by atoms with E-state index < -0.39 is 10.9 Å². The van der Waals surface area contributed by atoms with Crippen molar-refractivity contribution < 1.29 is 14.5 Å². The molecule has 0 aliphatic carbocycles. The summed E-state index contributed by atoms with van der Waals surface area (Å²) in [5, 5.41) is 10.5. The molecule has 0 saturated carbocycles. The fourth-order valence-electron chi connectivity index (χ4n) is 1.61. The van der Waals surface area contributed by atoms with Gasteiger partial charge in [0.25, 0.3) is 5.69 Å². The molecule has 2 aromatic carbocycles. The zero-order valence-corrected chi connectivity index (χ0v) is 11.2. The quantitative estimate of drug-likeness (QED) is 0.279. The van der Waals surface area contributed by atoms with Crippen LogP contribution in [-0.2, 0) is 4.79 Å².